The number of carboxylic acids is 1. The van der Waals surface area contributed by atoms with E-state index in [2.05, 4.69) is 20.4 Å². The molecule has 0 aliphatic heterocycles. The van der Waals surface area contributed by atoms with Gasteiger partial charge in [-0.2, -0.15) is 4.98 Å². The molecule has 4 aromatic rings. The lowest BCUT2D eigenvalue weighted by Crippen LogP contribution is -2.00. The van der Waals surface area contributed by atoms with Crippen LogP contribution in [-0.2, 0) is 0 Å². The van der Waals surface area contributed by atoms with E-state index in [1.807, 2.05) is 42.6 Å². The number of aromatic nitrogens is 4. The van der Waals surface area contributed by atoms with Crippen LogP contribution in [0, 0.1) is 0 Å². The van der Waals surface area contributed by atoms with Crippen LogP contribution in [0.1, 0.15) is 10.5 Å². The van der Waals surface area contributed by atoms with Gasteiger partial charge in [0, 0.05) is 11.8 Å². The molecule has 3 aromatic heterocycles. The Hall–Kier alpha value is -3.94. The molecule has 0 fully saturated rings. The van der Waals surface area contributed by atoms with E-state index >= 15 is 0 Å². The molecular weight excluding hydrogens is 346 g/mol. The number of nitrogens with zero attached hydrogens (tertiary/aromatic N) is 4. The molecule has 0 bridgehead atoms. The highest BCUT2D eigenvalue weighted by molar-refractivity contribution is 5.85. The van der Waals surface area contributed by atoms with Gasteiger partial charge in [-0.05, 0) is 42.0 Å². The summed E-state index contributed by atoms with van der Waals surface area (Å²) >= 11 is 0. The third-order valence-corrected chi connectivity index (χ3v) is 4.00. The highest BCUT2D eigenvalue weighted by Crippen LogP contribution is 2.26. The molecule has 0 atom stereocenters. The summed E-state index contributed by atoms with van der Waals surface area (Å²) in [5, 5.41) is 16.4. The molecule has 3 heterocycles. The third-order valence-electron chi connectivity index (χ3n) is 4.00. The predicted octanol–water partition coefficient (Wildman–Crippen LogP) is 3.24. The minimum atomic E-state index is -1.07. The van der Waals surface area contributed by atoms with E-state index < -0.39 is 5.97 Å². The van der Waals surface area contributed by atoms with Gasteiger partial charge in [-0.1, -0.05) is 12.1 Å². The third kappa shape index (κ3) is 3.28. The number of pyridine rings is 2. The Kier molecular flexibility index (Phi) is 4.13. The monoisotopic (exact) mass is 361 g/mol. The fourth-order valence-corrected chi connectivity index (χ4v) is 2.68. The molecule has 2 N–H and O–H groups in total. The topological polar surface area (TPSA) is 102 Å². The SMILES string of the molecule is COc1ccc(-c2cccn3nc(Nc4ccc(C(=O)O)nc4)nc23)cc1. The van der Waals surface area contributed by atoms with Gasteiger partial charge in [0.25, 0.3) is 0 Å². The van der Waals surface area contributed by atoms with Crippen LogP contribution in [0.4, 0.5) is 11.6 Å². The van der Waals surface area contributed by atoms with Gasteiger partial charge in [-0.3, -0.25) is 0 Å². The first kappa shape index (κ1) is 16.5. The largest absolute Gasteiger partial charge is 0.497 e. The lowest BCUT2D eigenvalue weighted by molar-refractivity contribution is 0.0690. The molecule has 0 amide bonds. The van der Waals surface area contributed by atoms with Crippen LogP contribution in [0.2, 0.25) is 0 Å². The van der Waals surface area contributed by atoms with Gasteiger partial charge in [-0.25, -0.2) is 14.3 Å². The van der Waals surface area contributed by atoms with Crippen molar-refractivity contribution in [2.24, 2.45) is 0 Å². The number of methoxy groups -OCH3 is 1. The Morgan fingerprint density at radius 1 is 1.15 bits per heavy atom. The van der Waals surface area contributed by atoms with Crippen molar-refractivity contribution in [1.82, 2.24) is 19.6 Å². The highest BCUT2D eigenvalue weighted by atomic mass is 16.5. The number of nitrogens with one attached hydrogen (secondary N) is 1. The summed E-state index contributed by atoms with van der Waals surface area (Å²) in [4.78, 5) is 19.3. The summed E-state index contributed by atoms with van der Waals surface area (Å²) in [5.74, 6) is 0.101. The molecule has 0 unspecified atom stereocenters. The maximum atomic E-state index is 10.9. The number of carbonyl (C=O) groups is 1. The van der Waals surface area contributed by atoms with Crippen molar-refractivity contribution in [3.63, 3.8) is 0 Å². The van der Waals surface area contributed by atoms with Crippen LogP contribution in [0.5, 0.6) is 5.75 Å². The number of ether oxygens (including phenoxy) is 1. The van der Waals surface area contributed by atoms with Gasteiger partial charge in [0.1, 0.15) is 11.4 Å². The van der Waals surface area contributed by atoms with Crippen molar-refractivity contribution in [2.75, 3.05) is 12.4 Å². The second-order valence-electron chi connectivity index (χ2n) is 5.72. The molecule has 134 valence electrons. The van der Waals surface area contributed by atoms with E-state index in [0.29, 0.717) is 17.3 Å². The van der Waals surface area contributed by atoms with Crippen LogP contribution in [-0.4, -0.2) is 37.8 Å². The minimum absolute atomic E-state index is 0.0229. The fourth-order valence-electron chi connectivity index (χ4n) is 2.68. The van der Waals surface area contributed by atoms with Crippen LogP contribution in [0.3, 0.4) is 0 Å². The lowest BCUT2D eigenvalue weighted by atomic mass is 10.1. The Bertz CT molecular complexity index is 1100. The zero-order valence-corrected chi connectivity index (χ0v) is 14.3. The van der Waals surface area contributed by atoms with Crippen LogP contribution in [0.15, 0.2) is 60.9 Å². The van der Waals surface area contributed by atoms with Crippen molar-refractivity contribution in [3.05, 3.63) is 66.6 Å². The maximum absolute atomic E-state index is 10.9. The van der Waals surface area contributed by atoms with Crippen molar-refractivity contribution in [2.45, 2.75) is 0 Å². The van der Waals surface area contributed by atoms with Gasteiger partial charge in [0.15, 0.2) is 5.65 Å². The van der Waals surface area contributed by atoms with E-state index in [1.165, 1.54) is 12.3 Å². The number of hydrogen-bond donors (Lipinski definition) is 2. The van der Waals surface area contributed by atoms with Crippen LogP contribution in [0.25, 0.3) is 16.8 Å². The van der Waals surface area contributed by atoms with Crippen molar-refractivity contribution in [3.8, 4) is 16.9 Å². The molecule has 8 nitrogen and oxygen atoms in total. The van der Waals surface area contributed by atoms with Crippen molar-refractivity contribution >= 4 is 23.3 Å². The zero-order valence-electron chi connectivity index (χ0n) is 14.3. The molecule has 0 saturated heterocycles. The summed E-state index contributed by atoms with van der Waals surface area (Å²) in [7, 11) is 1.63. The zero-order chi connectivity index (χ0) is 18.8. The Morgan fingerprint density at radius 3 is 2.63 bits per heavy atom. The van der Waals surface area contributed by atoms with Crippen LogP contribution >= 0.6 is 0 Å². The summed E-state index contributed by atoms with van der Waals surface area (Å²) in [6.07, 6.45) is 3.24. The van der Waals surface area contributed by atoms with Crippen molar-refractivity contribution < 1.29 is 14.6 Å². The average Bonchev–Trinajstić information content (AvgIpc) is 3.11. The van der Waals surface area contributed by atoms with Gasteiger partial charge in [0.05, 0.1) is 19.0 Å². The number of carboxylic acid groups (broad SMARTS) is 1. The molecule has 0 aliphatic carbocycles. The predicted molar refractivity (Wildman–Crippen MR) is 99.5 cm³/mol. The number of rotatable bonds is 5. The maximum Gasteiger partial charge on any atom is 0.354 e. The molecule has 0 saturated carbocycles. The van der Waals surface area contributed by atoms with Gasteiger partial charge >= 0.3 is 5.97 Å². The molecule has 0 radical (unpaired) electrons. The first-order chi connectivity index (χ1) is 13.1. The molecule has 0 spiro atoms. The summed E-state index contributed by atoms with van der Waals surface area (Å²) < 4.78 is 6.88. The number of aromatic carboxylic acids is 1. The number of anilines is 2. The summed E-state index contributed by atoms with van der Waals surface area (Å²) in [6, 6.07) is 14.6. The number of benzene rings is 1. The fraction of sp³-hybridized carbons (Fsp3) is 0.0526. The Labute approximate surface area is 154 Å². The summed E-state index contributed by atoms with van der Waals surface area (Å²) in [5.41, 5.74) is 3.19. The second-order valence-corrected chi connectivity index (χ2v) is 5.72. The van der Waals surface area contributed by atoms with E-state index in [0.717, 1.165) is 16.9 Å². The first-order valence-electron chi connectivity index (χ1n) is 8.10. The lowest BCUT2D eigenvalue weighted by Gasteiger charge is -2.04. The van der Waals surface area contributed by atoms with Gasteiger partial charge in [-0.15, -0.1) is 5.10 Å². The quantitative estimate of drug-likeness (QED) is 0.562. The van der Waals surface area contributed by atoms with Crippen molar-refractivity contribution in [1.29, 1.82) is 0 Å². The standard InChI is InChI=1S/C19H15N5O3/c1-27-14-7-4-12(5-8-14)15-3-2-10-24-17(15)22-19(23-24)21-13-6-9-16(18(25)26)20-11-13/h2-11H,1H3,(H,21,23)(H,25,26). The van der Waals surface area contributed by atoms with E-state index in [-0.39, 0.29) is 5.69 Å². The smallest absolute Gasteiger partial charge is 0.354 e. The highest BCUT2D eigenvalue weighted by Gasteiger charge is 2.11. The van der Waals surface area contributed by atoms with E-state index in [9.17, 15) is 4.79 Å². The molecule has 4 rings (SSSR count). The normalized spacial score (nSPS) is 10.7. The van der Waals surface area contributed by atoms with Gasteiger partial charge in [0.2, 0.25) is 5.95 Å². The molecular formula is C19H15N5O3. The first-order valence-corrected chi connectivity index (χ1v) is 8.10. The van der Waals surface area contributed by atoms with E-state index in [1.54, 1.807) is 17.7 Å². The Morgan fingerprint density at radius 2 is 1.96 bits per heavy atom. The molecule has 0 aliphatic rings. The molecule has 1 aromatic carbocycles. The molecule has 27 heavy (non-hydrogen) atoms. The second kappa shape index (κ2) is 6.75. The summed E-state index contributed by atoms with van der Waals surface area (Å²) in [6.45, 7) is 0. The number of fused-ring (bicyclic) bond motifs is 1. The number of hydrogen-bond acceptors (Lipinski definition) is 6. The average molecular weight is 361 g/mol. The van der Waals surface area contributed by atoms with E-state index in [4.69, 9.17) is 9.84 Å². The van der Waals surface area contributed by atoms with Crippen LogP contribution < -0.4 is 10.1 Å². The Balaban J connectivity index is 1.66. The molecule has 8 heteroatoms. The van der Waals surface area contributed by atoms with Gasteiger partial charge < -0.3 is 15.2 Å². The minimum Gasteiger partial charge on any atom is -0.497 e.